The van der Waals surface area contributed by atoms with Gasteiger partial charge in [-0.05, 0) is 13.0 Å². The Balaban J connectivity index is 2.56. The summed E-state index contributed by atoms with van der Waals surface area (Å²) < 4.78 is 1.85. The molecule has 0 saturated heterocycles. The molecule has 1 atom stereocenters. The summed E-state index contributed by atoms with van der Waals surface area (Å²) in [6.45, 7) is 1.79. The van der Waals surface area contributed by atoms with Crippen molar-refractivity contribution in [3.05, 3.63) is 30.0 Å². The number of rotatable bonds is 2. The van der Waals surface area contributed by atoms with Gasteiger partial charge in [0.25, 0.3) is 0 Å². The summed E-state index contributed by atoms with van der Waals surface area (Å²) in [5, 5.41) is 8.89. The Kier molecular flexibility index (Phi) is 2.18. The van der Waals surface area contributed by atoms with Crippen LogP contribution in [0.3, 0.4) is 0 Å². The largest absolute Gasteiger partial charge is 0.394 e. The van der Waals surface area contributed by atoms with Crippen LogP contribution in [0.25, 0.3) is 5.65 Å². The van der Waals surface area contributed by atoms with E-state index >= 15 is 0 Å². The molecule has 0 amide bonds. The Hall–Kier alpha value is -1.46. The molecule has 3 N–H and O–H groups in total. The number of nitrogens with two attached hydrogens (primary N) is 1. The fourth-order valence-corrected chi connectivity index (χ4v) is 1.34. The van der Waals surface area contributed by atoms with Crippen molar-refractivity contribution >= 4 is 5.65 Å². The molecule has 0 aliphatic heterocycles. The third kappa shape index (κ3) is 1.36. The summed E-state index contributed by atoms with van der Waals surface area (Å²) in [5.74, 6) is 0.853. The molecule has 2 rings (SSSR count). The molecule has 14 heavy (non-hydrogen) atoms. The van der Waals surface area contributed by atoms with Gasteiger partial charge >= 0.3 is 0 Å². The first-order valence-electron chi connectivity index (χ1n) is 4.39. The quantitative estimate of drug-likeness (QED) is 0.703. The summed E-state index contributed by atoms with van der Waals surface area (Å²) in [6, 6.07) is 1.38. The zero-order valence-electron chi connectivity index (χ0n) is 7.88. The van der Waals surface area contributed by atoms with Gasteiger partial charge in [0.05, 0.1) is 18.3 Å². The molecular weight excluding hydrogens is 180 g/mol. The fraction of sp³-hybridized carbons (Fsp3) is 0.333. The van der Waals surface area contributed by atoms with Crippen molar-refractivity contribution in [1.29, 1.82) is 0 Å². The van der Waals surface area contributed by atoms with Crippen molar-refractivity contribution in [1.82, 2.24) is 14.4 Å². The average molecular weight is 192 g/mol. The summed E-state index contributed by atoms with van der Waals surface area (Å²) in [6.07, 6.45) is 3.50. The van der Waals surface area contributed by atoms with Crippen LogP contribution in [0.2, 0.25) is 0 Å². The van der Waals surface area contributed by atoms with E-state index in [4.69, 9.17) is 10.8 Å². The number of imidazole rings is 1. The standard InChI is InChI=1S/C9H12N4O/c1-6-11-3-2-9-12-8(4-13(6)9)7(10)5-14/h2-4,7,14H,5,10H2,1H3. The maximum Gasteiger partial charge on any atom is 0.140 e. The predicted octanol–water partition coefficient (Wildman–Crippen LogP) is 0.0298. The first-order valence-corrected chi connectivity index (χ1v) is 4.39. The topological polar surface area (TPSA) is 76.4 Å². The van der Waals surface area contributed by atoms with Crippen molar-refractivity contribution in [2.45, 2.75) is 13.0 Å². The molecule has 0 aliphatic rings. The minimum Gasteiger partial charge on any atom is -0.394 e. The lowest BCUT2D eigenvalue weighted by molar-refractivity contribution is 0.266. The molecule has 2 aromatic rings. The summed E-state index contributed by atoms with van der Waals surface area (Å²) >= 11 is 0. The molecule has 2 aromatic heterocycles. The maximum atomic E-state index is 8.89. The van der Waals surface area contributed by atoms with Crippen LogP contribution < -0.4 is 5.73 Å². The predicted molar refractivity (Wildman–Crippen MR) is 51.7 cm³/mol. The van der Waals surface area contributed by atoms with Crippen LogP contribution in [-0.4, -0.2) is 26.1 Å². The van der Waals surface area contributed by atoms with Gasteiger partial charge < -0.3 is 10.8 Å². The molecule has 0 aliphatic carbocycles. The highest BCUT2D eigenvalue weighted by molar-refractivity contribution is 5.39. The van der Waals surface area contributed by atoms with E-state index in [1.165, 1.54) is 0 Å². The van der Waals surface area contributed by atoms with Crippen molar-refractivity contribution in [2.75, 3.05) is 6.61 Å². The maximum absolute atomic E-state index is 8.89. The summed E-state index contributed by atoms with van der Waals surface area (Å²) in [4.78, 5) is 8.41. The Labute approximate surface area is 81.2 Å². The average Bonchev–Trinajstić information content (AvgIpc) is 2.62. The van der Waals surface area contributed by atoms with E-state index < -0.39 is 6.04 Å². The lowest BCUT2D eigenvalue weighted by Gasteiger charge is -2.01. The number of hydrogen-bond donors (Lipinski definition) is 2. The van der Waals surface area contributed by atoms with Gasteiger partial charge in [0.1, 0.15) is 11.5 Å². The van der Waals surface area contributed by atoms with Gasteiger partial charge in [0, 0.05) is 12.4 Å². The normalized spacial score (nSPS) is 13.4. The van der Waals surface area contributed by atoms with Crippen LogP contribution in [0.5, 0.6) is 0 Å². The molecule has 0 saturated carbocycles. The Bertz CT molecular complexity index is 451. The highest BCUT2D eigenvalue weighted by Crippen LogP contribution is 2.11. The van der Waals surface area contributed by atoms with E-state index in [0.717, 1.165) is 11.5 Å². The molecule has 5 heteroatoms. The number of nitrogens with zero attached hydrogens (tertiary/aromatic N) is 3. The molecule has 5 nitrogen and oxygen atoms in total. The summed E-state index contributed by atoms with van der Waals surface area (Å²) in [5.41, 5.74) is 7.15. The van der Waals surface area contributed by atoms with Crippen molar-refractivity contribution in [3.63, 3.8) is 0 Å². The van der Waals surface area contributed by atoms with Crippen molar-refractivity contribution in [3.8, 4) is 0 Å². The molecule has 0 radical (unpaired) electrons. The second-order valence-electron chi connectivity index (χ2n) is 3.18. The molecule has 0 aromatic carbocycles. The zero-order valence-corrected chi connectivity index (χ0v) is 7.88. The van der Waals surface area contributed by atoms with E-state index in [9.17, 15) is 0 Å². The third-order valence-corrected chi connectivity index (χ3v) is 2.16. The Morgan fingerprint density at radius 2 is 2.43 bits per heavy atom. The van der Waals surface area contributed by atoms with Crippen molar-refractivity contribution in [2.24, 2.45) is 5.73 Å². The molecule has 0 fully saturated rings. The van der Waals surface area contributed by atoms with Gasteiger partial charge in [-0.15, -0.1) is 0 Å². The second-order valence-corrected chi connectivity index (χ2v) is 3.18. The van der Waals surface area contributed by atoms with Crippen LogP contribution >= 0.6 is 0 Å². The van der Waals surface area contributed by atoms with Gasteiger partial charge in [0.15, 0.2) is 0 Å². The molecule has 0 bridgehead atoms. The first-order chi connectivity index (χ1) is 6.72. The van der Waals surface area contributed by atoms with Gasteiger partial charge in [-0.1, -0.05) is 0 Å². The van der Waals surface area contributed by atoms with E-state index in [1.807, 2.05) is 11.3 Å². The number of aliphatic hydroxyl groups excluding tert-OH is 1. The lowest BCUT2D eigenvalue weighted by Crippen LogP contribution is -2.14. The monoisotopic (exact) mass is 192 g/mol. The van der Waals surface area contributed by atoms with E-state index in [-0.39, 0.29) is 6.61 Å². The van der Waals surface area contributed by atoms with Gasteiger partial charge in [-0.3, -0.25) is 4.40 Å². The van der Waals surface area contributed by atoms with E-state index in [0.29, 0.717) is 5.69 Å². The van der Waals surface area contributed by atoms with Crippen LogP contribution in [0, 0.1) is 6.92 Å². The van der Waals surface area contributed by atoms with Crippen LogP contribution in [0.4, 0.5) is 0 Å². The SMILES string of the molecule is Cc1nccc2nc(C(N)CO)cn12. The first kappa shape index (κ1) is 9.11. The van der Waals surface area contributed by atoms with Crippen LogP contribution in [-0.2, 0) is 0 Å². The van der Waals surface area contributed by atoms with Crippen molar-refractivity contribution < 1.29 is 5.11 Å². The third-order valence-electron chi connectivity index (χ3n) is 2.16. The number of hydrogen-bond acceptors (Lipinski definition) is 4. The molecule has 2 heterocycles. The second kappa shape index (κ2) is 3.36. The number of aromatic nitrogens is 3. The number of fused-ring (bicyclic) bond motifs is 1. The number of aliphatic hydroxyl groups is 1. The van der Waals surface area contributed by atoms with Crippen LogP contribution in [0.1, 0.15) is 17.6 Å². The zero-order chi connectivity index (χ0) is 10.1. The number of aryl methyl sites for hydroxylation is 1. The molecular formula is C9H12N4O. The van der Waals surface area contributed by atoms with E-state index in [2.05, 4.69) is 9.97 Å². The van der Waals surface area contributed by atoms with Gasteiger partial charge in [0.2, 0.25) is 0 Å². The smallest absolute Gasteiger partial charge is 0.140 e. The molecule has 1 unspecified atom stereocenters. The lowest BCUT2D eigenvalue weighted by atomic mass is 10.2. The molecule has 74 valence electrons. The van der Waals surface area contributed by atoms with Gasteiger partial charge in [-0.25, -0.2) is 9.97 Å². The minimum atomic E-state index is -0.422. The Morgan fingerprint density at radius 1 is 1.64 bits per heavy atom. The Morgan fingerprint density at radius 3 is 3.07 bits per heavy atom. The molecule has 0 spiro atoms. The fourth-order valence-electron chi connectivity index (χ4n) is 1.34. The minimum absolute atomic E-state index is 0.101. The highest BCUT2D eigenvalue weighted by Gasteiger charge is 2.09. The highest BCUT2D eigenvalue weighted by atomic mass is 16.3. The van der Waals surface area contributed by atoms with Gasteiger partial charge in [-0.2, -0.15) is 0 Å². The summed E-state index contributed by atoms with van der Waals surface area (Å²) in [7, 11) is 0. The van der Waals surface area contributed by atoms with Crippen LogP contribution in [0.15, 0.2) is 18.5 Å². The van der Waals surface area contributed by atoms with E-state index in [1.54, 1.807) is 18.5 Å².